The molecule has 1 saturated heterocycles. The van der Waals surface area contributed by atoms with E-state index in [2.05, 4.69) is 0 Å². The van der Waals surface area contributed by atoms with Crippen molar-refractivity contribution >= 4 is 23.6 Å². The number of halogens is 3. The molecule has 9 nitrogen and oxygen atoms in total. The van der Waals surface area contributed by atoms with Gasteiger partial charge in [-0.25, -0.2) is 13.6 Å². The van der Waals surface area contributed by atoms with Gasteiger partial charge < -0.3 is 35.2 Å². The second kappa shape index (κ2) is 13.9. The molecule has 1 fully saturated rings. The third-order valence-electron chi connectivity index (χ3n) is 8.83. The number of benzene rings is 3. The van der Waals surface area contributed by atoms with Gasteiger partial charge in [0.25, 0.3) is 0 Å². The molecular formula is C36H41ClF2N2O7. The van der Waals surface area contributed by atoms with E-state index in [0.717, 1.165) is 25.3 Å². The van der Waals surface area contributed by atoms with E-state index in [1.165, 1.54) is 12.1 Å². The fraction of sp³-hybridized carbons (Fsp3) is 0.444. The molecule has 2 amide bonds. The minimum atomic E-state index is -1.49. The minimum absolute atomic E-state index is 0.0150. The summed E-state index contributed by atoms with van der Waals surface area (Å²) in [5.74, 6) is -3.87. The zero-order valence-electron chi connectivity index (χ0n) is 27.6. The van der Waals surface area contributed by atoms with Crippen LogP contribution in [0.4, 0.5) is 13.6 Å². The van der Waals surface area contributed by atoms with Gasteiger partial charge in [0.15, 0.2) is 29.6 Å². The van der Waals surface area contributed by atoms with Crippen LogP contribution in [0.2, 0.25) is 5.02 Å². The zero-order chi connectivity index (χ0) is 35.0. The fourth-order valence-electron chi connectivity index (χ4n) is 6.77. The van der Waals surface area contributed by atoms with E-state index in [1.54, 1.807) is 44.2 Å². The average molecular weight is 687 g/mol. The Morgan fingerprint density at radius 2 is 1.79 bits per heavy atom. The lowest BCUT2D eigenvalue weighted by Gasteiger charge is -2.45. The van der Waals surface area contributed by atoms with Crippen molar-refractivity contribution in [2.75, 3.05) is 13.2 Å². The van der Waals surface area contributed by atoms with E-state index < -0.39 is 57.8 Å². The summed E-state index contributed by atoms with van der Waals surface area (Å²) in [6.45, 7) is 9.62. The van der Waals surface area contributed by atoms with Crippen molar-refractivity contribution in [1.82, 2.24) is 0 Å². The van der Waals surface area contributed by atoms with Gasteiger partial charge in [-0.1, -0.05) is 69.6 Å². The van der Waals surface area contributed by atoms with Crippen LogP contribution in [0, 0.1) is 17.0 Å². The van der Waals surface area contributed by atoms with Crippen LogP contribution in [-0.4, -0.2) is 43.7 Å². The summed E-state index contributed by atoms with van der Waals surface area (Å²) in [5, 5.41) is -0.458. The number of amides is 2. The Kier molecular flexibility index (Phi) is 10.2. The van der Waals surface area contributed by atoms with Crippen LogP contribution in [0.1, 0.15) is 81.3 Å². The van der Waals surface area contributed by atoms with Crippen molar-refractivity contribution in [3.8, 4) is 22.6 Å². The van der Waals surface area contributed by atoms with Crippen LogP contribution >= 0.6 is 11.6 Å². The van der Waals surface area contributed by atoms with Crippen LogP contribution in [0.3, 0.4) is 0 Å². The van der Waals surface area contributed by atoms with Crippen molar-refractivity contribution in [3.05, 3.63) is 81.9 Å². The van der Waals surface area contributed by atoms with Gasteiger partial charge in [0.2, 0.25) is 5.91 Å². The molecule has 0 bridgehead atoms. The van der Waals surface area contributed by atoms with Gasteiger partial charge in [0, 0.05) is 40.7 Å². The first-order valence-electron chi connectivity index (χ1n) is 15.9. The summed E-state index contributed by atoms with van der Waals surface area (Å²) >= 11 is 6.68. The van der Waals surface area contributed by atoms with Crippen molar-refractivity contribution in [3.63, 3.8) is 0 Å². The van der Waals surface area contributed by atoms with Gasteiger partial charge in [0.1, 0.15) is 18.2 Å². The molecule has 0 aliphatic carbocycles. The van der Waals surface area contributed by atoms with E-state index in [-0.39, 0.29) is 46.6 Å². The smallest absolute Gasteiger partial charge is 0.404 e. The highest BCUT2D eigenvalue weighted by molar-refractivity contribution is 6.34. The molecule has 258 valence electrons. The van der Waals surface area contributed by atoms with Crippen molar-refractivity contribution < 1.29 is 42.1 Å². The Morgan fingerprint density at radius 3 is 2.40 bits per heavy atom. The number of ether oxygens (including phenoxy) is 5. The van der Waals surface area contributed by atoms with Gasteiger partial charge >= 0.3 is 6.09 Å². The van der Waals surface area contributed by atoms with E-state index in [1.807, 2.05) is 20.8 Å². The van der Waals surface area contributed by atoms with Crippen LogP contribution in [-0.2, 0) is 19.8 Å². The molecule has 3 unspecified atom stereocenters. The average Bonchev–Trinajstić information content (AvgIpc) is 3.32. The van der Waals surface area contributed by atoms with Crippen molar-refractivity contribution in [2.24, 2.45) is 16.9 Å². The lowest BCUT2D eigenvalue weighted by atomic mass is 9.67. The second-order valence-electron chi connectivity index (χ2n) is 13.3. The molecule has 3 aromatic carbocycles. The molecule has 2 aliphatic heterocycles. The highest BCUT2D eigenvalue weighted by atomic mass is 35.5. The molecule has 5 atom stereocenters. The van der Waals surface area contributed by atoms with E-state index in [9.17, 15) is 9.59 Å². The van der Waals surface area contributed by atoms with Gasteiger partial charge in [-0.3, -0.25) is 4.79 Å². The largest absolute Gasteiger partial charge is 0.488 e. The highest BCUT2D eigenvalue weighted by Crippen LogP contribution is 2.60. The number of rotatable bonds is 10. The third-order valence-corrected chi connectivity index (χ3v) is 9.20. The molecule has 12 heteroatoms. The predicted octanol–water partition coefficient (Wildman–Crippen LogP) is 7.60. The Balaban J connectivity index is 1.66. The van der Waals surface area contributed by atoms with Crippen LogP contribution in [0.5, 0.6) is 11.5 Å². The molecule has 2 heterocycles. The molecule has 0 aromatic heterocycles. The minimum Gasteiger partial charge on any atom is -0.488 e. The van der Waals surface area contributed by atoms with Crippen LogP contribution < -0.4 is 20.9 Å². The number of primary amides is 2. The molecule has 4 N–H and O–H groups in total. The van der Waals surface area contributed by atoms with Crippen molar-refractivity contribution in [1.29, 1.82) is 0 Å². The molecule has 0 saturated carbocycles. The number of nitrogens with two attached hydrogens (primary N) is 2. The summed E-state index contributed by atoms with van der Waals surface area (Å²) in [7, 11) is 0. The summed E-state index contributed by atoms with van der Waals surface area (Å²) in [6, 6.07) is 12.6. The maximum atomic E-state index is 16.7. The quantitative estimate of drug-likeness (QED) is 0.225. The number of hydrogen-bond donors (Lipinski definition) is 2. The SMILES string of the molecule is CC1c2c(cc(F)c(Cl)c2-c2c(C(N)=O)ccc(OC[C@H](C)O[C@H]3CCCCO3)c2F)OC1(c1ccccc1)C(OC(N)=O)C(C)(C)C. The van der Waals surface area contributed by atoms with Crippen LogP contribution in [0.15, 0.2) is 48.5 Å². The highest BCUT2D eigenvalue weighted by Gasteiger charge is 2.59. The summed E-state index contributed by atoms with van der Waals surface area (Å²) in [6.07, 6.45) is -0.248. The lowest BCUT2D eigenvalue weighted by molar-refractivity contribution is -0.189. The van der Waals surface area contributed by atoms with E-state index >= 15 is 8.78 Å². The Hall–Kier alpha value is -3.93. The molecular weight excluding hydrogens is 646 g/mol. The molecule has 5 rings (SSSR count). The van der Waals surface area contributed by atoms with Crippen LogP contribution in [0.25, 0.3) is 11.1 Å². The van der Waals surface area contributed by atoms with Gasteiger partial charge in [0.05, 0.1) is 16.7 Å². The maximum absolute atomic E-state index is 16.7. The van der Waals surface area contributed by atoms with E-state index in [0.29, 0.717) is 12.2 Å². The van der Waals surface area contributed by atoms with Gasteiger partial charge in [-0.15, -0.1) is 0 Å². The number of carbonyl (C=O) groups excluding carboxylic acids is 2. The third kappa shape index (κ3) is 6.68. The molecule has 0 spiro atoms. The Labute approximate surface area is 283 Å². The molecule has 0 radical (unpaired) electrons. The number of carbonyl (C=O) groups is 2. The van der Waals surface area contributed by atoms with Gasteiger partial charge in [-0.05, 0) is 43.9 Å². The monoisotopic (exact) mass is 686 g/mol. The first-order chi connectivity index (χ1) is 22.7. The van der Waals surface area contributed by atoms with Gasteiger partial charge in [-0.2, -0.15) is 0 Å². The zero-order valence-corrected chi connectivity index (χ0v) is 28.4. The first-order valence-corrected chi connectivity index (χ1v) is 16.3. The Morgan fingerprint density at radius 1 is 1.08 bits per heavy atom. The lowest BCUT2D eigenvalue weighted by Crippen LogP contribution is -2.54. The standard InChI is InChI=1S/C36H41ClF2N2O7/c1-19(46-26-13-9-10-16-44-26)18-45-24-15-14-22(32(40)42)28(31(24)39)29-27-20(2)36(21-11-7-6-8-12-21,33(35(3,4)5)47-34(41)43)48-25(27)17-23(38)30(29)37/h6-8,11-12,14-15,17,19-20,26,33H,9-10,13,16,18H2,1-5H3,(H2,40,42)(H2,41,43)/t19-,20?,26-,33?,36?/m0/s1. The topological polar surface area (TPSA) is 132 Å². The van der Waals surface area contributed by atoms with Crippen molar-refractivity contribution in [2.45, 2.75) is 83.9 Å². The number of hydrogen-bond acceptors (Lipinski definition) is 7. The van der Waals surface area contributed by atoms with E-state index in [4.69, 9.17) is 46.8 Å². The predicted molar refractivity (Wildman–Crippen MR) is 176 cm³/mol. The summed E-state index contributed by atoms with van der Waals surface area (Å²) in [4.78, 5) is 25.1. The normalized spacial score (nSPS) is 21.9. The summed E-state index contributed by atoms with van der Waals surface area (Å²) < 4.78 is 62.3. The number of fused-ring (bicyclic) bond motifs is 1. The molecule has 3 aromatic rings. The first kappa shape index (κ1) is 35.4. The molecule has 2 aliphatic rings. The maximum Gasteiger partial charge on any atom is 0.404 e. The Bertz CT molecular complexity index is 1680. The summed E-state index contributed by atoms with van der Waals surface area (Å²) in [5.41, 5.74) is 9.18. The molecule has 48 heavy (non-hydrogen) atoms. The fourth-order valence-corrected chi connectivity index (χ4v) is 7.02. The second-order valence-corrected chi connectivity index (χ2v) is 13.7.